The number of anilines is 1. The highest BCUT2D eigenvalue weighted by molar-refractivity contribution is 5.87. The van der Waals surface area contributed by atoms with Crippen molar-refractivity contribution in [2.75, 3.05) is 44.3 Å². The first-order chi connectivity index (χ1) is 13.2. The van der Waals surface area contributed by atoms with Crippen molar-refractivity contribution in [1.29, 1.82) is 0 Å². The zero-order chi connectivity index (χ0) is 18.9. The number of fused-ring (bicyclic) bond motifs is 1. The van der Waals surface area contributed by atoms with Gasteiger partial charge in [0.2, 0.25) is 5.91 Å². The predicted octanol–water partition coefficient (Wildman–Crippen LogP) is 1.04. The van der Waals surface area contributed by atoms with Crippen LogP contribution in [0, 0.1) is 0 Å². The van der Waals surface area contributed by atoms with Crippen molar-refractivity contribution in [2.24, 2.45) is 0 Å². The minimum absolute atomic E-state index is 0.0378. The van der Waals surface area contributed by atoms with E-state index < -0.39 is 5.79 Å². The molecule has 1 amide bonds. The van der Waals surface area contributed by atoms with Crippen LogP contribution in [0.3, 0.4) is 0 Å². The van der Waals surface area contributed by atoms with E-state index in [1.54, 1.807) is 10.9 Å². The van der Waals surface area contributed by atoms with E-state index in [9.17, 15) is 4.79 Å². The molecule has 27 heavy (non-hydrogen) atoms. The third kappa shape index (κ3) is 3.37. The van der Waals surface area contributed by atoms with E-state index in [4.69, 9.17) is 9.47 Å². The summed E-state index contributed by atoms with van der Waals surface area (Å²) < 4.78 is 13.1. The summed E-state index contributed by atoms with van der Waals surface area (Å²) in [5.74, 6) is 0.427. The van der Waals surface area contributed by atoms with Crippen LogP contribution >= 0.6 is 0 Å². The van der Waals surface area contributed by atoms with E-state index in [-0.39, 0.29) is 12.5 Å². The molecule has 9 heteroatoms. The van der Waals surface area contributed by atoms with Crippen molar-refractivity contribution in [3.63, 3.8) is 0 Å². The molecule has 0 saturated carbocycles. The van der Waals surface area contributed by atoms with Gasteiger partial charge in [0.05, 0.1) is 24.8 Å². The number of ether oxygens (including phenoxy) is 2. The van der Waals surface area contributed by atoms with Gasteiger partial charge in [0.25, 0.3) is 0 Å². The van der Waals surface area contributed by atoms with Gasteiger partial charge in [-0.3, -0.25) is 4.79 Å². The third-order valence-electron chi connectivity index (χ3n) is 5.45. The Hall–Kier alpha value is -2.26. The molecule has 2 aliphatic rings. The van der Waals surface area contributed by atoms with Crippen LogP contribution in [-0.2, 0) is 20.8 Å². The Balaban J connectivity index is 1.47. The fraction of sp³-hybridized carbons (Fsp3) is 0.667. The second-order valence-corrected chi connectivity index (χ2v) is 6.90. The van der Waals surface area contributed by atoms with E-state index >= 15 is 0 Å². The molecule has 2 saturated heterocycles. The van der Waals surface area contributed by atoms with Crippen LogP contribution in [0.2, 0.25) is 0 Å². The lowest BCUT2D eigenvalue weighted by atomic mass is 10.0. The SMILES string of the molecule is CCN(CC)c1ncnc2c1cnn2CC(=O)N1CCC2(CC1)OCCO2. The highest BCUT2D eigenvalue weighted by Gasteiger charge is 2.40. The number of carbonyl (C=O) groups excluding carboxylic acids is 1. The van der Waals surface area contributed by atoms with Crippen LogP contribution in [-0.4, -0.2) is 75.7 Å². The molecular weight excluding hydrogens is 348 g/mol. The van der Waals surface area contributed by atoms with Gasteiger partial charge in [0.15, 0.2) is 11.4 Å². The van der Waals surface area contributed by atoms with Crippen LogP contribution in [0.1, 0.15) is 26.7 Å². The lowest BCUT2D eigenvalue weighted by molar-refractivity contribution is -0.187. The molecule has 0 aliphatic carbocycles. The summed E-state index contributed by atoms with van der Waals surface area (Å²) in [6.07, 6.45) is 4.72. The van der Waals surface area contributed by atoms with Crippen LogP contribution in [0.4, 0.5) is 5.82 Å². The molecule has 0 atom stereocenters. The summed E-state index contributed by atoms with van der Waals surface area (Å²) in [4.78, 5) is 25.6. The maximum atomic E-state index is 12.8. The van der Waals surface area contributed by atoms with Gasteiger partial charge < -0.3 is 19.3 Å². The standard InChI is InChI=1S/C18H26N6O3/c1-3-22(4-2)16-14-11-21-24(17(14)20-13-19-16)12-15(25)23-7-5-18(6-8-23)26-9-10-27-18/h11,13H,3-10,12H2,1-2H3. The molecule has 0 radical (unpaired) electrons. The molecule has 2 fully saturated rings. The fourth-order valence-corrected chi connectivity index (χ4v) is 3.88. The smallest absolute Gasteiger partial charge is 0.244 e. The first-order valence-electron chi connectivity index (χ1n) is 9.63. The van der Waals surface area contributed by atoms with Gasteiger partial charge in [0.1, 0.15) is 18.7 Å². The van der Waals surface area contributed by atoms with Gasteiger partial charge in [-0.15, -0.1) is 0 Å². The second-order valence-electron chi connectivity index (χ2n) is 6.90. The molecule has 4 rings (SSSR count). The zero-order valence-electron chi connectivity index (χ0n) is 15.9. The molecule has 0 unspecified atom stereocenters. The number of rotatable bonds is 5. The maximum absolute atomic E-state index is 12.8. The Kier molecular flexibility index (Phi) is 4.96. The quantitative estimate of drug-likeness (QED) is 0.773. The van der Waals surface area contributed by atoms with Crippen LogP contribution in [0.15, 0.2) is 12.5 Å². The molecule has 0 bridgehead atoms. The van der Waals surface area contributed by atoms with Gasteiger partial charge in [-0.2, -0.15) is 5.10 Å². The molecule has 1 spiro atoms. The van der Waals surface area contributed by atoms with Gasteiger partial charge in [-0.05, 0) is 13.8 Å². The summed E-state index contributed by atoms with van der Waals surface area (Å²) in [6.45, 7) is 8.61. The predicted molar refractivity (Wildman–Crippen MR) is 99.3 cm³/mol. The van der Waals surface area contributed by atoms with Crippen molar-refractivity contribution in [2.45, 2.75) is 39.0 Å². The molecule has 0 aromatic carbocycles. The highest BCUT2D eigenvalue weighted by Crippen LogP contribution is 2.31. The Morgan fingerprint density at radius 3 is 2.56 bits per heavy atom. The molecule has 2 aromatic rings. The highest BCUT2D eigenvalue weighted by atomic mass is 16.7. The number of likely N-dealkylation sites (tertiary alicyclic amines) is 1. The lowest BCUT2D eigenvalue weighted by Gasteiger charge is -2.37. The normalized spacial score (nSPS) is 19.1. The average Bonchev–Trinajstić information content (AvgIpc) is 3.31. The summed E-state index contributed by atoms with van der Waals surface area (Å²) in [5.41, 5.74) is 0.691. The minimum Gasteiger partial charge on any atom is -0.356 e. The van der Waals surface area contributed by atoms with E-state index in [2.05, 4.69) is 33.8 Å². The zero-order valence-corrected chi connectivity index (χ0v) is 15.9. The van der Waals surface area contributed by atoms with E-state index in [0.29, 0.717) is 44.8 Å². The fourth-order valence-electron chi connectivity index (χ4n) is 3.88. The van der Waals surface area contributed by atoms with Crippen molar-refractivity contribution < 1.29 is 14.3 Å². The number of amides is 1. The van der Waals surface area contributed by atoms with E-state index in [1.807, 2.05) is 4.90 Å². The average molecular weight is 374 g/mol. The van der Waals surface area contributed by atoms with Crippen molar-refractivity contribution >= 4 is 22.8 Å². The largest absolute Gasteiger partial charge is 0.356 e. The van der Waals surface area contributed by atoms with Gasteiger partial charge in [0, 0.05) is 39.0 Å². The van der Waals surface area contributed by atoms with Crippen LogP contribution in [0.25, 0.3) is 11.0 Å². The Labute approximate surface area is 158 Å². The number of carbonyl (C=O) groups is 1. The van der Waals surface area contributed by atoms with Gasteiger partial charge in [-0.25, -0.2) is 14.6 Å². The molecule has 9 nitrogen and oxygen atoms in total. The number of hydrogen-bond acceptors (Lipinski definition) is 7. The number of aromatic nitrogens is 4. The summed E-state index contributed by atoms with van der Waals surface area (Å²) in [7, 11) is 0. The van der Waals surface area contributed by atoms with E-state index in [1.165, 1.54) is 6.33 Å². The second kappa shape index (κ2) is 7.40. The molecule has 4 heterocycles. The first kappa shape index (κ1) is 18.1. The summed E-state index contributed by atoms with van der Waals surface area (Å²) in [5, 5.41) is 5.28. The molecule has 2 aromatic heterocycles. The topological polar surface area (TPSA) is 85.6 Å². The Morgan fingerprint density at radius 2 is 1.89 bits per heavy atom. The molecule has 146 valence electrons. The molecular formula is C18H26N6O3. The van der Waals surface area contributed by atoms with Gasteiger partial charge >= 0.3 is 0 Å². The number of piperidine rings is 1. The van der Waals surface area contributed by atoms with Crippen molar-refractivity contribution in [3.05, 3.63) is 12.5 Å². The van der Waals surface area contributed by atoms with E-state index in [0.717, 1.165) is 24.3 Å². The number of hydrogen-bond donors (Lipinski definition) is 0. The summed E-state index contributed by atoms with van der Waals surface area (Å²) in [6, 6.07) is 0. The monoisotopic (exact) mass is 374 g/mol. The minimum atomic E-state index is -0.471. The Morgan fingerprint density at radius 1 is 1.19 bits per heavy atom. The third-order valence-corrected chi connectivity index (χ3v) is 5.45. The van der Waals surface area contributed by atoms with Crippen molar-refractivity contribution in [3.8, 4) is 0 Å². The van der Waals surface area contributed by atoms with Crippen LogP contribution < -0.4 is 4.90 Å². The first-order valence-corrected chi connectivity index (χ1v) is 9.63. The maximum Gasteiger partial charge on any atom is 0.244 e. The summed E-state index contributed by atoms with van der Waals surface area (Å²) >= 11 is 0. The van der Waals surface area contributed by atoms with Gasteiger partial charge in [-0.1, -0.05) is 0 Å². The Bertz CT molecular complexity index is 803. The number of nitrogens with zero attached hydrogens (tertiary/aromatic N) is 6. The van der Waals surface area contributed by atoms with Crippen LogP contribution in [0.5, 0.6) is 0 Å². The lowest BCUT2D eigenvalue weighted by Crippen LogP contribution is -2.48. The van der Waals surface area contributed by atoms with Crippen molar-refractivity contribution in [1.82, 2.24) is 24.6 Å². The molecule has 2 aliphatic heterocycles. The molecule has 0 N–H and O–H groups in total.